The number of amides is 3. The number of para-hydroxylation sites is 1. The van der Waals surface area contributed by atoms with Crippen molar-refractivity contribution in [2.24, 2.45) is 5.92 Å². The van der Waals surface area contributed by atoms with Gasteiger partial charge in [0.2, 0.25) is 0 Å². The van der Waals surface area contributed by atoms with Gasteiger partial charge in [-0.3, -0.25) is 4.79 Å². The molecule has 0 saturated carbocycles. The fourth-order valence-corrected chi connectivity index (χ4v) is 4.58. The maximum atomic E-state index is 13.5. The molecule has 2 heterocycles. The summed E-state index contributed by atoms with van der Waals surface area (Å²) in [6.07, 6.45) is 5.62. The van der Waals surface area contributed by atoms with Crippen LogP contribution < -0.4 is 15.5 Å². The number of urea groups is 1. The molecule has 0 spiro atoms. The molecule has 2 aliphatic heterocycles. The third kappa shape index (κ3) is 5.23. The lowest BCUT2D eigenvalue weighted by molar-refractivity contribution is 0.0698. The molecule has 2 saturated heterocycles. The van der Waals surface area contributed by atoms with Gasteiger partial charge in [0.15, 0.2) is 0 Å². The Morgan fingerprint density at radius 2 is 1.62 bits per heavy atom. The maximum Gasteiger partial charge on any atom is 0.323 e. The van der Waals surface area contributed by atoms with E-state index in [0.29, 0.717) is 17.2 Å². The van der Waals surface area contributed by atoms with Gasteiger partial charge in [-0.2, -0.15) is 0 Å². The zero-order valence-corrected chi connectivity index (χ0v) is 19.2. The van der Waals surface area contributed by atoms with Crippen molar-refractivity contribution < 1.29 is 9.59 Å². The van der Waals surface area contributed by atoms with Gasteiger partial charge in [-0.15, -0.1) is 0 Å². The summed E-state index contributed by atoms with van der Waals surface area (Å²) in [6, 6.07) is 13.1. The molecule has 0 atom stereocenters. The Hall–Kier alpha value is -3.02. The van der Waals surface area contributed by atoms with Crippen LogP contribution in [-0.2, 0) is 0 Å². The number of nitrogens with one attached hydrogen (secondary N) is 2. The lowest BCUT2D eigenvalue weighted by Crippen LogP contribution is -2.39. The van der Waals surface area contributed by atoms with Gasteiger partial charge < -0.3 is 20.4 Å². The first-order valence-electron chi connectivity index (χ1n) is 11.8. The van der Waals surface area contributed by atoms with Crippen molar-refractivity contribution in [3.63, 3.8) is 0 Å². The van der Waals surface area contributed by atoms with Crippen LogP contribution in [0.25, 0.3) is 0 Å². The summed E-state index contributed by atoms with van der Waals surface area (Å²) in [4.78, 5) is 30.4. The molecule has 2 aromatic rings. The van der Waals surface area contributed by atoms with Crippen LogP contribution in [0.1, 0.15) is 54.9 Å². The van der Waals surface area contributed by atoms with Crippen molar-refractivity contribution in [2.75, 3.05) is 41.7 Å². The number of nitrogens with zero attached hydrogens (tertiary/aromatic N) is 2. The fraction of sp³-hybridized carbons (Fsp3) is 0.462. The molecule has 32 heavy (non-hydrogen) atoms. The summed E-state index contributed by atoms with van der Waals surface area (Å²) in [5.41, 5.74) is 4.07. The molecule has 3 amide bonds. The Balaban J connectivity index is 1.55. The van der Waals surface area contributed by atoms with E-state index in [4.69, 9.17) is 0 Å². The van der Waals surface area contributed by atoms with Crippen molar-refractivity contribution in [1.29, 1.82) is 0 Å². The maximum absolute atomic E-state index is 13.5. The van der Waals surface area contributed by atoms with Crippen LogP contribution in [0.3, 0.4) is 0 Å². The van der Waals surface area contributed by atoms with Gasteiger partial charge in [0.05, 0.1) is 5.56 Å². The quantitative estimate of drug-likeness (QED) is 0.668. The first-order valence-corrected chi connectivity index (χ1v) is 11.8. The largest absolute Gasteiger partial charge is 0.371 e. The molecule has 2 N–H and O–H groups in total. The molecule has 0 aromatic heterocycles. The Labute approximate surface area is 191 Å². The predicted octanol–water partition coefficient (Wildman–Crippen LogP) is 5.50. The van der Waals surface area contributed by atoms with E-state index in [1.807, 2.05) is 54.3 Å². The van der Waals surface area contributed by atoms with Crippen molar-refractivity contribution in [2.45, 2.75) is 46.0 Å². The van der Waals surface area contributed by atoms with Crippen molar-refractivity contribution >= 4 is 29.0 Å². The minimum atomic E-state index is -0.310. The first kappa shape index (κ1) is 22.2. The van der Waals surface area contributed by atoms with Crippen LogP contribution in [0, 0.1) is 12.8 Å². The van der Waals surface area contributed by atoms with E-state index in [1.54, 1.807) is 0 Å². The number of carbonyl (C=O) groups is 2. The standard InChI is InChI=1S/C26H34N4O2/c1-19-12-16-30(17-13-19)25(31)22-18-21(10-11-24(22)29-14-6-3-7-15-29)27-26(32)28-23-9-5-4-8-20(23)2/h4-5,8-11,18-19H,3,6-7,12-17H2,1-2H3,(H2,27,28,32). The van der Waals surface area contributed by atoms with Crippen LogP contribution in [0.2, 0.25) is 0 Å². The minimum Gasteiger partial charge on any atom is -0.371 e. The van der Waals surface area contributed by atoms with Crippen molar-refractivity contribution in [1.82, 2.24) is 4.90 Å². The average molecular weight is 435 g/mol. The molecule has 170 valence electrons. The minimum absolute atomic E-state index is 0.0698. The van der Waals surface area contributed by atoms with E-state index in [1.165, 1.54) is 6.42 Å². The van der Waals surface area contributed by atoms with E-state index in [-0.39, 0.29) is 11.9 Å². The number of rotatable bonds is 4. The van der Waals surface area contributed by atoms with E-state index in [0.717, 1.165) is 68.8 Å². The Kier molecular flexibility index (Phi) is 6.98. The van der Waals surface area contributed by atoms with E-state index in [9.17, 15) is 9.59 Å². The second kappa shape index (κ2) is 10.1. The average Bonchev–Trinajstić information content (AvgIpc) is 2.81. The number of carbonyl (C=O) groups excluding carboxylic acids is 2. The number of anilines is 3. The molecule has 0 bridgehead atoms. The third-order valence-corrected chi connectivity index (χ3v) is 6.65. The van der Waals surface area contributed by atoms with Gasteiger partial charge >= 0.3 is 6.03 Å². The number of aryl methyl sites for hydroxylation is 1. The third-order valence-electron chi connectivity index (χ3n) is 6.65. The fourth-order valence-electron chi connectivity index (χ4n) is 4.58. The highest BCUT2D eigenvalue weighted by molar-refractivity contribution is 6.04. The van der Waals surface area contributed by atoms with Gasteiger partial charge in [-0.1, -0.05) is 25.1 Å². The number of likely N-dealkylation sites (tertiary alicyclic amines) is 1. The summed E-state index contributed by atoms with van der Waals surface area (Å²) < 4.78 is 0. The van der Waals surface area contributed by atoms with E-state index < -0.39 is 0 Å². The molecule has 2 fully saturated rings. The van der Waals surface area contributed by atoms with Gasteiger partial charge in [-0.25, -0.2) is 4.79 Å². The number of piperidine rings is 2. The molecule has 0 radical (unpaired) electrons. The Morgan fingerprint density at radius 3 is 2.34 bits per heavy atom. The van der Waals surface area contributed by atoms with E-state index in [2.05, 4.69) is 22.5 Å². The van der Waals surface area contributed by atoms with Crippen LogP contribution >= 0.6 is 0 Å². The summed E-state index contributed by atoms with van der Waals surface area (Å²) >= 11 is 0. The van der Waals surface area contributed by atoms with Crippen molar-refractivity contribution in [3.8, 4) is 0 Å². The molecular formula is C26H34N4O2. The SMILES string of the molecule is Cc1ccccc1NC(=O)Nc1ccc(N2CCCCC2)c(C(=O)N2CCC(C)CC2)c1. The molecule has 0 unspecified atom stereocenters. The normalized spacial score (nSPS) is 17.2. The smallest absolute Gasteiger partial charge is 0.323 e. The van der Waals surface area contributed by atoms with Crippen LogP contribution in [0.4, 0.5) is 21.9 Å². The van der Waals surface area contributed by atoms with Crippen LogP contribution in [0.15, 0.2) is 42.5 Å². The second-order valence-electron chi connectivity index (χ2n) is 9.15. The predicted molar refractivity (Wildman–Crippen MR) is 131 cm³/mol. The Morgan fingerprint density at radius 1 is 0.906 bits per heavy atom. The highest BCUT2D eigenvalue weighted by Crippen LogP contribution is 2.30. The summed E-state index contributed by atoms with van der Waals surface area (Å²) in [6.45, 7) is 7.74. The lowest BCUT2D eigenvalue weighted by atomic mass is 9.98. The zero-order valence-electron chi connectivity index (χ0n) is 19.2. The molecule has 0 aliphatic carbocycles. The zero-order chi connectivity index (χ0) is 22.5. The first-order chi connectivity index (χ1) is 15.5. The topological polar surface area (TPSA) is 64.7 Å². The highest BCUT2D eigenvalue weighted by Gasteiger charge is 2.26. The summed E-state index contributed by atoms with van der Waals surface area (Å²) in [5.74, 6) is 0.735. The van der Waals surface area contributed by atoms with Gasteiger partial charge in [-0.05, 0) is 74.8 Å². The van der Waals surface area contributed by atoms with Gasteiger partial charge in [0.25, 0.3) is 5.91 Å². The molecule has 2 aliphatic rings. The van der Waals surface area contributed by atoms with Gasteiger partial charge in [0, 0.05) is 43.2 Å². The van der Waals surface area contributed by atoms with Gasteiger partial charge in [0.1, 0.15) is 0 Å². The molecule has 4 rings (SSSR count). The molecule has 6 nitrogen and oxygen atoms in total. The molecular weight excluding hydrogens is 400 g/mol. The molecule has 6 heteroatoms. The lowest BCUT2D eigenvalue weighted by Gasteiger charge is -2.34. The number of hydrogen-bond acceptors (Lipinski definition) is 3. The summed E-state index contributed by atoms with van der Waals surface area (Å²) in [5, 5.41) is 5.81. The summed E-state index contributed by atoms with van der Waals surface area (Å²) in [7, 11) is 0. The van der Waals surface area contributed by atoms with E-state index >= 15 is 0 Å². The monoisotopic (exact) mass is 434 g/mol. The Bertz CT molecular complexity index is 960. The highest BCUT2D eigenvalue weighted by atomic mass is 16.2. The number of hydrogen-bond donors (Lipinski definition) is 2. The molecule has 2 aromatic carbocycles. The number of benzene rings is 2. The van der Waals surface area contributed by atoms with Crippen LogP contribution in [-0.4, -0.2) is 43.0 Å². The second-order valence-corrected chi connectivity index (χ2v) is 9.15. The van der Waals surface area contributed by atoms with Crippen LogP contribution in [0.5, 0.6) is 0 Å². The van der Waals surface area contributed by atoms with Crippen molar-refractivity contribution in [3.05, 3.63) is 53.6 Å².